The van der Waals surface area contributed by atoms with Crippen molar-refractivity contribution >= 4 is 11.9 Å². The zero-order valence-corrected chi connectivity index (χ0v) is 10.4. The van der Waals surface area contributed by atoms with Gasteiger partial charge >= 0.3 is 5.97 Å². The molecule has 1 aromatic rings. The predicted molar refractivity (Wildman–Crippen MR) is 66.7 cm³/mol. The standard InChI is InChI=1S/C13H14FNO4/c1-3-7-15(8-11(16)17)13(18)12-9(14)5-4-6-10(12)19-2/h3-6H,1,7-8H2,2H3,(H,16,17). The molecule has 0 bridgehead atoms. The fraction of sp³-hybridized carbons (Fsp3) is 0.231. The number of carbonyl (C=O) groups is 2. The van der Waals surface area contributed by atoms with Crippen molar-refractivity contribution in [2.24, 2.45) is 0 Å². The number of carbonyl (C=O) groups excluding carboxylic acids is 1. The Hall–Kier alpha value is -2.37. The van der Waals surface area contributed by atoms with Crippen molar-refractivity contribution in [3.63, 3.8) is 0 Å². The van der Waals surface area contributed by atoms with Crippen LogP contribution in [-0.2, 0) is 4.79 Å². The molecular weight excluding hydrogens is 253 g/mol. The zero-order chi connectivity index (χ0) is 14.4. The van der Waals surface area contributed by atoms with Gasteiger partial charge in [0.05, 0.1) is 7.11 Å². The molecule has 0 saturated carbocycles. The molecule has 0 aliphatic rings. The number of hydrogen-bond acceptors (Lipinski definition) is 3. The lowest BCUT2D eigenvalue weighted by molar-refractivity contribution is -0.137. The molecule has 1 aromatic carbocycles. The highest BCUT2D eigenvalue weighted by molar-refractivity contribution is 5.98. The molecule has 19 heavy (non-hydrogen) atoms. The monoisotopic (exact) mass is 267 g/mol. The molecule has 0 radical (unpaired) electrons. The number of methoxy groups -OCH3 is 1. The number of carboxylic acids is 1. The molecule has 0 unspecified atom stereocenters. The van der Waals surface area contributed by atoms with Crippen molar-refractivity contribution in [2.45, 2.75) is 0 Å². The Balaban J connectivity index is 3.15. The lowest BCUT2D eigenvalue weighted by atomic mass is 10.1. The van der Waals surface area contributed by atoms with E-state index in [-0.39, 0.29) is 17.9 Å². The molecule has 0 aliphatic heterocycles. The van der Waals surface area contributed by atoms with E-state index in [4.69, 9.17) is 9.84 Å². The first-order valence-corrected chi connectivity index (χ1v) is 5.45. The van der Waals surface area contributed by atoms with Gasteiger partial charge in [-0.25, -0.2) is 4.39 Å². The van der Waals surface area contributed by atoms with Crippen LogP contribution in [0.25, 0.3) is 0 Å². The van der Waals surface area contributed by atoms with Crippen LogP contribution in [0.1, 0.15) is 10.4 Å². The molecule has 1 rings (SSSR count). The highest BCUT2D eigenvalue weighted by Gasteiger charge is 2.24. The fourth-order valence-corrected chi connectivity index (χ4v) is 1.58. The summed E-state index contributed by atoms with van der Waals surface area (Å²) in [4.78, 5) is 23.8. The fourth-order valence-electron chi connectivity index (χ4n) is 1.58. The van der Waals surface area contributed by atoms with E-state index in [0.29, 0.717) is 0 Å². The molecule has 5 nitrogen and oxygen atoms in total. The first-order chi connectivity index (χ1) is 9.01. The third-order valence-electron chi connectivity index (χ3n) is 2.37. The van der Waals surface area contributed by atoms with Gasteiger partial charge in [0.2, 0.25) is 0 Å². The number of aliphatic carboxylic acids is 1. The third-order valence-corrected chi connectivity index (χ3v) is 2.37. The summed E-state index contributed by atoms with van der Waals surface area (Å²) in [5.74, 6) is -2.64. The summed E-state index contributed by atoms with van der Waals surface area (Å²) in [6.45, 7) is 2.90. The number of benzene rings is 1. The third kappa shape index (κ3) is 3.54. The summed E-state index contributed by atoms with van der Waals surface area (Å²) < 4.78 is 18.6. The van der Waals surface area contributed by atoms with Crippen molar-refractivity contribution < 1.29 is 23.8 Å². The van der Waals surface area contributed by atoms with Crippen LogP contribution in [0, 0.1) is 5.82 Å². The Kier molecular flexibility index (Phi) is 5.05. The summed E-state index contributed by atoms with van der Waals surface area (Å²) in [5.41, 5.74) is -0.284. The lowest BCUT2D eigenvalue weighted by Gasteiger charge is -2.20. The largest absolute Gasteiger partial charge is 0.496 e. The number of ether oxygens (including phenoxy) is 1. The van der Waals surface area contributed by atoms with Crippen molar-refractivity contribution in [3.8, 4) is 5.75 Å². The van der Waals surface area contributed by atoms with Crippen LogP contribution in [0.5, 0.6) is 5.75 Å². The van der Waals surface area contributed by atoms with Gasteiger partial charge in [-0.1, -0.05) is 12.1 Å². The minimum absolute atomic E-state index is 0.00260. The maximum Gasteiger partial charge on any atom is 0.323 e. The second-order valence-electron chi connectivity index (χ2n) is 3.69. The van der Waals surface area contributed by atoms with Gasteiger partial charge in [-0.05, 0) is 12.1 Å². The van der Waals surface area contributed by atoms with Crippen molar-refractivity contribution in [2.75, 3.05) is 20.2 Å². The molecule has 6 heteroatoms. The number of rotatable bonds is 6. The molecule has 0 fully saturated rings. The van der Waals surface area contributed by atoms with E-state index in [2.05, 4.69) is 6.58 Å². The van der Waals surface area contributed by atoms with Crippen LogP contribution in [0.15, 0.2) is 30.9 Å². The first kappa shape index (κ1) is 14.7. The zero-order valence-electron chi connectivity index (χ0n) is 10.4. The normalized spacial score (nSPS) is 9.79. The number of hydrogen-bond donors (Lipinski definition) is 1. The molecule has 0 saturated heterocycles. The number of halogens is 1. The SMILES string of the molecule is C=CCN(CC(=O)O)C(=O)c1c(F)cccc1OC. The molecule has 102 valence electrons. The van der Waals surface area contributed by atoms with E-state index in [0.717, 1.165) is 11.0 Å². The van der Waals surface area contributed by atoms with E-state index in [1.54, 1.807) is 0 Å². The van der Waals surface area contributed by atoms with Crippen LogP contribution >= 0.6 is 0 Å². The van der Waals surface area contributed by atoms with Crippen molar-refractivity contribution in [1.82, 2.24) is 4.90 Å². The van der Waals surface area contributed by atoms with Gasteiger partial charge in [-0.3, -0.25) is 9.59 Å². The van der Waals surface area contributed by atoms with Gasteiger partial charge in [0.25, 0.3) is 5.91 Å². The van der Waals surface area contributed by atoms with E-state index >= 15 is 0 Å². The maximum absolute atomic E-state index is 13.7. The summed E-state index contributed by atoms with van der Waals surface area (Å²) >= 11 is 0. The molecule has 0 heterocycles. The van der Waals surface area contributed by atoms with Gasteiger partial charge in [0, 0.05) is 6.54 Å². The van der Waals surface area contributed by atoms with E-state index in [9.17, 15) is 14.0 Å². The number of nitrogens with zero attached hydrogens (tertiary/aromatic N) is 1. The molecule has 0 aliphatic carbocycles. The Morgan fingerprint density at radius 1 is 1.53 bits per heavy atom. The summed E-state index contributed by atoms with van der Waals surface area (Å²) in [6.07, 6.45) is 1.37. The van der Waals surface area contributed by atoms with Gasteiger partial charge in [0.15, 0.2) is 0 Å². The van der Waals surface area contributed by atoms with E-state index in [1.165, 1.54) is 25.3 Å². The van der Waals surface area contributed by atoms with Crippen LogP contribution in [0.4, 0.5) is 4.39 Å². The smallest absolute Gasteiger partial charge is 0.323 e. The minimum atomic E-state index is -1.19. The molecular formula is C13H14FNO4. The van der Waals surface area contributed by atoms with Crippen LogP contribution in [-0.4, -0.2) is 42.1 Å². The number of carboxylic acid groups (broad SMARTS) is 1. The summed E-state index contributed by atoms with van der Waals surface area (Å²) in [7, 11) is 1.31. The topological polar surface area (TPSA) is 66.8 Å². The van der Waals surface area contributed by atoms with Crippen molar-refractivity contribution in [3.05, 3.63) is 42.2 Å². The second kappa shape index (κ2) is 6.53. The minimum Gasteiger partial charge on any atom is -0.496 e. The predicted octanol–water partition coefficient (Wildman–Crippen LogP) is 1.55. The van der Waals surface area contributed by atoms with Crippen LogP contribution in [0.3, 0.4) is 0 Å². The lowest BCUT2D eigenvalue weighted by Crippen LogP contribution is -2.36. The first-order valence-electron chi connectivity index (χ1n) is 5.45. The molecule has 0 spiro atoms. The molecule has 1 N–H and O–H groups in total. The van der Waals surface area contributed by atoms with Gasteiger partial charge in [-0.15, -0.1) is 6.58 Å². The Labute approximate surface area is 109 Å². The maximum atomic E-state index is 13.7. The Bertz CT molecular complexity index is 501. The molecule has 0 aromatic heterocycles. The average Bonchev–Trinajstić information content (AvgIpc) is 2.36. The van der Waals surface area contributed by atoms with Crippen molar-refractivity contribution in [1.29, 1.82) is 0 Å². The Morgan fingerprint density at radius 3 is 2.74 bits per heavy atom. The summed E-state index contributed by atoms with van der Waals surface area (Å²) in [6, 6.07) is 3.95. The van der Waals surface area contributed by atoms with Gasteiger partial charge in [-0.2, -0.15) is 0 Å². The van der Waals surface area contributed by atoms with Gasteiger partial charge in [0.1, 0.15) is 23.7 Å². The Morgan fingerprint density at radius 2 is 2.21 bits per heavy atom. The highest BCUT2D eigenvalue weighted by Crippen LogP contribution is 2.22. The van der Waals surface area contributed by atoms with Crippen LogP contribution in [0.2, 0.25) is 0 Å². The molecule has 0 atom stereocenters. The van der Waals surface area contributed by atoms with Gasteiger partial charge < -0.3 is 14.7 Å². The van der Waals surface area contributed by atoms with E-state index in [1.807, 2.05) is 0 Å². The summed E-state index contributed by atoms with van der Waals surface area (Å²) in [5, 5.41) is 8.75. The van der Waals surface area contributed by atoms with Crippen LogP contribution < -0.4 is 4.74 Å². The van der Waals surface area contributed by atoms with E-state index < -0.39 is 24.2 Å². The quantitative estimate of drug-likeness (QED) is 0.794. The molecule has 1 amide bonds. The number of amides is 1. The highest BCUT2D eigenvalue weighted by atomic mass is 19.1. The average molecular weight is 267 g/mol. The second-order valence-corrected chi connectivity index (χ2v) is 3.69.